The molecule has 1 atom stereocenters. The van der Waals surface area contributed by atoms with Gasteiger partial charge in [0, 0.05) is 24.7 Å². The molecule has 3 heterocycles. The number of hydrogen-bond donors (Lipinski definition) is 1. The smallest absolute Gasteiger partial charge is 0.225 e. The zero-order chi connectivity index (χ0) is 22.9. The van der Waals surface area contributed by atoms with Crippen LogP contribution in [-0.2, 0) is 11.3 Å². The van der Waals surface area contributed by atoms with Crippen LogP contribution in [0.2, 0.25) is 5.02 Å². The van der Waals surface area contributed by atoms with E-state index in [2.05, 4.69) is 15.3 Å². The monoisotopic (exact) mass is 483 g/mol. The maximum absolute atomic E-state index is 13.1. The second-order valence-corrected chi connectivity index (χ2v) is 9.67. The van der Waals surface area contributed by atoms with Gasteiger partial charge >= 0.3 is 0 Å². The Morgan fingerprint density at radius 2 is 2.09 bits per heavy atom. The van der Waals surface area contributed by atoms with Gasteiger partial charge in [0.15, 0.2) is 10.8 Å². The summed E-state index contributed by atoms with van der Waals surface area (Å²) < 4.78 is 16.0. The van der Waals surface area contributed by atoms with Crippen molar-refractivity contribution in [3.63, 3.8) is 0 Å². The van der Waals surface area contributed by atoms with E-state index in [0.29, 0.717) is 18.1 Å². The highest BCUT2D eigenvalue weighted by molar-refractivity contribution is 7.22. The second kappa shape index (κ2) is 9.11. The number of piperidine rings is 1. The fourth-order valence-electron chi connectivity index (χ4n) is 4.15. The summed E-state index contributed by atoms with van der Waals surface area (Å²) in [5.74, 6) is -0.374. The second-order valence-electron chi connectivity index (χ2n) is 8.26. The van der Waals surface area contributed by atoms with Gasteiger partial charge in [-0.2, -0.15) is 10.1 Å². The molecule has 0 spiro atoms. The van der Waals surface area contributed by atoms with Crippen molar-refractivity contribution in [1.29, 1.82) is 0 Å². The Morgan fingerprint density at radius 3 is 2.88 bits per heavy atom. The number of thiazole rings is 1. The Hall–Kier alpha value is -2.97. The normalized spacial score (nSPS) is 16.3. The van der Waals surface area contributed by atoms with Crippen molar-refractivity contribution in [2.75, 3.05) is 18.0 Å². The number of nitrogens with one attached hydrogen (secondary N) is 1. The van der Waals surface area contributed by atoms with Crippen molar-refractivity contribution in [2.24, 2.45) is 5.92 Å². The molecule has 6 nitrogen and oxygen atoms in total. The number of carbonyl (C=O) groups is 1. The summed E-state index contributed by atoms with van der Waals surface area (Å²) in [7, 11) is 0. The van der Waals surface area contributed by atoms with Crippen LogP contribution >= 0.6 is 22.9 Å². The lowest BCUT2D eigenvalue weighted by atomic mass is 9.97. The van der Waals surface area contributed by atoms with E-state index in [0.717, 1.165) is 51.8 Å². The third-order valence-electron chi connectivity index (χ3n) is 5.87. The SMILES string of the molecule is Cc1nn(-c2cccc(Cl)c2)c2nc(N3CCC[C@@H](C(=O)NCc4ccc(F)cc4)C3)sc12. The van der Waals surface area contributed by atoms with Crippen LogP contribution in [0.25, 0.3) is 16.0 Å². The standard InChI is InChI=1S/C24H23ClFN5OS/c1-15-21-22(31(29-15)20-6-2-5-18(25)12-20)28-24(33-21)30-11-3-4-17(14-30)23(32)27-13-16-7-9-19(26)10-8-16/h2,5-10,12,17H,3-4,11,13-14H2,1H3,(H,27,32)/t17-/m1/s1. The third-order valence-corrected chi connectivity index (χ3v) is 7.32. The largest absolute Gasteiger partial charge is 0.352 e. The van der Waals surface area contributed by atoms with Crippen LogP contribution in [-0.4, -0.2) is 33.8 Å². The Kier molecular flexibility index (Phi) is 6.03. The first-order valence-electron chi connectivity index (χ1n) is 10.9. The molecule has 0 bridgehead atoms. The van der Waals surface area contributed by atoms with E-state index >= 15 is 0 Å². The predicted molar refractivity (Wildman–Crippen MR) is 130 cm³/mol. The molecular formula is C24H23ClFN5OS. The lowest BCUT2D eigenvalue weighted by molar-refractivity contribution is -0.125. The minimum Gasteiger partial charge on any atom is -0.352 e. The first-order valence-corrected chi connectivity index (χ1v) is 12.1. The average Bonchev–Trinajstić information content (AvgIpc) is 3.39. The topological polar surface area (TPSA) is 63.1 Å². The molecule has 1 N–H and O–H groups in total. The number of amides is 1. The molecule has 1 aliphatic rings. The maximum Gasteiger partial charge on any atom is 0.225 e. The average molecular weight is 484 g/mol. The third kappa shape index (κ3) is 4.58. The van der Waals surface area contributed by atoms with Crippen LogP contribution in [0.4, 0.5) is 9.52 Å². The number of aromatic nitrogens is 3. The van der Waals surface area contributed by atoms with Gasteiger partial charge in [0.05, 0.1) is 22.0 Å². The van der Waals surface area contributed by atoms with E-state index in [1.807, 2.05) is 35.9 Å². The molecular weight excluding hydrogens is 461 g/mol. The van der Waals surface area contributed by atoms with E-state index in [4.69, 9.17) is 16.6 Å². The van der Waals surface area contributed by atoms with E-state index < -0.39 is 0 Å². The number of benzene rings is 2. The van der Waals surface area contributed by atoms with E-state index in [1.165, 1.54) is 12.1 Å². The number of aryl methyl sites for hydroxylation is 1. The molecule has 2 aromatic carbocycles. The highest BCUT2D eigenvalue weighted by Crippen LogP contribution is 2.34. The fraction of sp³-hybridized carbons (Fsp3) is 0.292. The predicted octanol–water partition coefficient (Wildman–Crippen LogP) is 5.12. The minimum absolute atomic E-state index is 0.0198. The number of rotatable bonds is 5. The highest BCUT2D eigenvalue weighted by Gasteiger charge is 2.28. The summed E-state index contributed by atoms with van der Waals surface area (Å²) in [6.07, 6.45) is 1.76. The zero-order valence-electron chi connectivity index (χ0n) is 18.1. The zero-order valence-corrected chi connectivity index (χ0v) is 19.7. The molecule has 0 unspecified atom stereocenters. The summed E-state index contributed by atoms with van der Waals surface area (Å²) >= 11 is 7.78. The molecule has 5 rings (SSSR count). The van der Waals surface area contributed by atoms with Crippen molar-refractivity contribution < 1.29 is 9.18 Å². The van der Waals surface area contributed by atoms with Crippen molar-refractivity contribution >= 4 is 44.3 Å². The summed E-state index contributed by atoms with van der Waals surface area (Å²) in [6, 6.07) is 13.7. The van der Waals surface area contributed by atoms with Crippen molar-refractivity contribution in [2.45, 2.75) is 26.3 Å². The number of hydrogen-bond acceptors (Lipinski definition) is 5. The van der Waals surface area contributed by atoms with Crippen LogP contribution in [0.15, 0.2) is 48.5 Å². The van der Waals surface area contributed by atoms with Crippen LogP contribution in [0, 0.1) is 18.7 Å². The Balaban J connectivity index is 1.32. The molecule has 170 valence electrons. The molecule has 2 aromatic heterocycles. The van der Waals surface area contributed by atoms with Gasteiger partial charge in [0.2, 0.25) is 5.91 Å². The maximum atomic E-state index is 13.1. The summed E-state index contributed by atoms with van der Waals surface area (Å²) in [4.78, 5) is 19.9. The van der Waals surface area contributed by atoms with Crippen molar-refractivity contribution in [1.82, 2.24) is 20.1 Å². The lowest BCUT2D eigenvalue weighted by Crippen LogP contribution is -2.43. The van der Waals surface area contributed by atoms with E-state index in [9.17, 15) is 9.18 Å². The van der Waals surface area contributed by atoms with Gasteiger partial charge in [-0.15, -0.1) is 0 Å². The van der Waals surface area contributed by atoms with Gasteiger partial charge in [-0.1, -0.05) is 41.1 Å². The first-order chi connectivity index (χ1) is 16.0. The fourth-order valence-corrected chi connectivity index (χ4v) is 5.35. The molecule has 0 aliphatic carbocycles. The number of anilines is 1. The Bertz CT molecular complexity index is 1300. The molecule has 1 amide bonds. The van der Waals surface area contributed by atoms with Gasteiger partial charge < -0.3 is 10.2 Å². The molecule has 9 heteroatoms. The number of carbonyl (C=O) groups excluding carboxylic acids is 1. The molecule has 1 fully saturated rings. The summed E-state index contributed by atoms with van der Waals surface area (Å²) in [5, 5.41) is 9.19. The summed E-state index contributed by atoms with van der Waals surface area (Å²) in [6.45, 7) is 3.86. The molecule has 0 saturated carbocycles. The van der Waals surface area contributed by atoms with Crippen molar-refractivity contribution in [3.05, 3.63) is 70.6 Å². The van der Waals surface area contributed by atoms with Gasteiger partial charge in [0.25, 0.3) is 0 Å². The van der Waals surface area contributed by atoms with E-state index in [-0.39, 0.29) is 17.6 Å². The molecule has 33 heavy (non-hydrogen) atoms. The first kappa shape index (κ1) is 21.9. The van der Waals surface area contributed by atoms with Gasteiger partial charge in [-0.05, 0) is 55.7 Å². The van der Waals surface area contributed by atoms with Crippen LogP contribution in [0.1, 0.15) is 24.1 Å². The number of nitrogens with zero attached hydrogens (tertiary/aromatic N) is 4. The van der Waals surface area contributed by atoms with Gasteiger partial charge in [-0.3, -0.25) is 4.79 Å². The molecule has 4 aromatic rings. The van der Waals surface area contributed by atoms with Crippen LogP contribution < -0.4 is 10.2 Å². The highest BCUT2D eigenvalue weighted by atomic mass is 35.5. The van der Waals surface area contributed by atoms with Crippen LogP contribution in [0.5, 0.6) is 0 Å². The number of halogens is 2. The Morgan fingerprint density at radius 1 is 1.27 bits per heavy atom. The van der Waals surface area contributed by atoms with Crippen molar-refractivity contribution in [3.8, 4) is 5.69 Å². The number of fused-ring (bicyclic) bond motifs is 1. The van der Waals surface area contributed by atoms with E-state index in [1.54, 1.807) is 23.5 Å². The quantitative estimate of drug-likeness (QED) is 0.428. The molecule has 0 radical (unpaired) electrons. The molecule has 1 saturated heterocycles. The van der Waals surface area contributed by atoms with Crippen LogP contribution in [0.3, 0.4) is 0 Å². The van der Waals surface area contributed by atoms with Gasteiger partial charge in [-0.25, -0.2) is 9.07 Å². The minimum atomic E-state index is -0.280. The van der Waals surface area contributed by atoms with Gasteiger partial charge in [0.1, 0.15) is 5.82 Å². The molecule has 1 aliphatic heterocycles. The summed E-state index contributed by atoms with van der Waals surface area (Å²) in [5.41, 5.74) is 3.47. The lowest BCUT2D eigenvalue weighted by Gasteiger charge is -2.31. The Labute approximate surface area is 200 Å².